The van der Waals surface area contributed by atoms with Crippen LogP contribution < -0.4 is 5.32 Å². The van der Waals surface area contributed by atoms with E-state index in [1.165, 1.54) is 6.92 Å². The zero-order valence-electron chi connectivity index (χ0n) is 8.04. The fourth-order valence-corrected chi connectivity index (χ4v) is 1.46. The van der Waals surface area contributed by atoms with Crippen molar-refractivity contribution in [2.24, 2.45) is 0 Å². The van der Waals surface area contributed by atoms with Crippen LogP contribution in [0.2, 0.25) is 0 Å². The van der Waals surface area contributed by atoms with Crippen molar-refractivity contribution >= 4 is 5.91 Å². The molecule has 82 valence electrons. The zero-order valence-corrected chi connectivity index (χ0v) is 8.04. The van der Waals surface area contributed by atoms with Gasteiger partial charge in [-0.15, -0.1) is 0 Å². The summed E-state index contributed by atoms with van der Waals surface area (Å²) in [5.41, 5.74) is 0. The lowest BCUT2D eigenvalue weighted by Gasteiger charge is -2.39. The van der Waals surface area contributed by atoms with Crippen LogP contribution in [0.1, 0.15) is 13.8 Å². The largest absolute Gasteiger partial charge is 0.388 e. The van der Waals surface area contributed by atoms with Crippen LogP contribution in [0.15, 0.2) is 0 Å². The van der Waals surface area contributed by atoms with Crippen LogP contribution in [0.5, 0.6) is 0 Å². The number of hydrogen-bond acceptors (Lipinski definition) is 5. The van der Waals surface area contributed by atoms with E-state index in [0.717, 1.165) is 0 Å². The Labute approximate surface area is 81.5 Å². The maximum Gasteiger partial charge on any atom is 0.217 e. The van der Waals surface area contributed by atoms with Crippen LogP contribution in [0.4, 0.5) is 0 Å². The number of rotatable bonds is 1. The first-order valence-corrected chi connectivity index (χ1v) is 4.40. The molecule has 0 aromatic rings. The van der Waals surface area contributed by atoms with Crippen molar-refractivity contribution in [3.63, 3.8) is 0 Å². The lowest BCUT2D eigenvalue weighted by atomic mass is 9.97. The first kappa shape index (κ1) is 11.4. The second-order valence-corrected chi connectivity index (χ2v) is 3.44. The summed E-state index contributed by atoms with van der Waals surface area (Å²) in [7, 11) is 0. The van der Waals surface area contributed by atoms with E-state index in [1.54, 1.807) is 6.92 Å². The summed E-state index contributed by atoms with van der Waals surface area (Å²) >= 11 is 0. The van der Waals surface area contributed by atoms with Gasteiger partial charge in [0.05, 0.1) is 12.1 Å². The Bertz CT molecular complexity index is 208. The molecule has 0 aromatic carbocycles. The third-order valence-corrected chi connectivity index (χ3v) is 2.23. The Balaban J connectivity index is 2.71. The molecule has 1 amide bonds. The van der Waals surface area contributed by atoms with Crippen LogP contribution in [0.3, 0.4) is 0 Å². The quantitative estimate of drug-likeness (QED) is 0.395. The molecule has 0 spiro atoms. The summed E-state index contributed by atoms with van der Waals surface area (Å²) in [6.45, 7) is 2.82. The lowest BCUT2D eigenvalue weighted by molar-refractivity contribution is -0.251. The number of carbonyl (C=O) groups excluding carboxylic acids is 1. The van der Waals surface area contributed by atoms with Gasteiger partial charge in [-0.3, -0.25) is 4.79 Å². The summed E-state index contributed by atoms with van der Waals surface area (Å²) in [5.74, 6) is -0.380. The van der Waals surface area contributed by atoms with Gasteiger partial charge < -0.3 is 25.4 Å². The molecule has 1 rings (SSSR count). The molecule has 0 bridgehead atoms. The fraction of sp³-hybridized carbons (Fsp3) is 0.875. The molecule has 1 aliphatic heterocycles. The molecule has 6 nitrogen and oxygen atoms in total. The molecular formula is C8H15NO5. The normalized spacial score (nSPS) is 43.4. The van der Waals surface area contributed by atoms with E-state index in [9.17, 15) is 20.1 Å². The number of carbonyl (C=O) groups is 1. The van der Waals surface area contributed by atoms with Gasteiger partial charge in [0.25, 0.3) is 0 Å². The first-order valence-electron chi connectivity index (χ1n) is 4.40. The minimum absolute atomic E-state index is 0.380. The van der Waals surface area contributed by atoms with Gasteiger partial charge in [-0.2, -0.15) is 0 Å². The van der Waals surface area contributed by atoms with Gasteiger partial charge in [-0.1, -0.05) is 0 Å². The highest BCUT2D eigenvalue weighted by Gasteiger charge is 2.42. The van der Waals surface area contributed by atoms with Crippen molar-refractivity contribution in [2.75, 3.05) is 0 Å². The number of nitrogens with one attached hydrogen (secondary N) is 1. The molecule has 0 aliphatic carbocycles. The van der Waals surface area contributed by atoms with Crippen LogP contribution in [-0.4, -0.2) is 51.9 Å². The lowest BCUT2D eigenvalue weighted by Crippen LogP contribution is -2.62. The van der Waals surface area contributed by atoms with Crippen molar-refractivity contribution in [3.05, 3.63) is 0 Å². The molecule has 1 unspecified atom stereocenters. The third-order valence-electron chi connectivity index (χ3n) is 2.23. The van der Waals surface area contributed by atoms with Crippen molar-refractivity contribution in [1.82, 2.24) is 5.32 Å². The summed E-state index contributed by atoms with van der Waals surface area (Å²) < 4.78 is 4.83. The Hall–Kier alpha value is -0.690. The van der Waals surface area contributed by atoms with E-state index in [0.29, 0.717) is 0 Å². The third kappa shape index (κ3) is 2.21. The van der Waals surface area contributed by atoms with E-state index in [2.05, 4.69) is 5.32 Å². The molecule has 1 fully saturated rings. The predicted octanol–water partition coefficient (Wildman–Crippen LogP) is -2.05. The van der Waals surface area contributed by atoms with Crippen LogP contribution in [0, 0.1) is 0 Å². The smallest absolute Gasteiger partial charge is 0.217 e. The van der Waals surface area contributed by atoms with E-state index < -0.39 is 30.6 Å². The highest BCUT2D eigenvalue weighted by molar-refractivity contribution is 5.73. The highest BCUT2D eigenvalue weighted by Crippen LogP contribution is 2.19. The second kappa shape index (κ2) is 4.22. The standard InChI is InChI=1S/C8H15NO5/c1-3-6(11)5(9-4(2)10)7(12)8(13)14-3/h3,5-8,11-13H,1-2H3,(H,9,10)/t3-,5+,6-,7+,8?/m1/s1. The fourth-order valence-electron chi connectivity index (χ4n) is 1.46. The Morgan fingerprint density at radius 2 is 1.86 bits per heavy atom. The molecule has 0 radical (unpaired) electrons. The average Bonchev–Trinajstić information content (AvgIpc) is 2.09. The Morgan fingerprint density at radius 3 is 2.36 bits per heavy atom. The molecule has 4 N–H and O–H groups in total. The second-order valence-electron chi connectivity index (χ2n) is 3.44. The number of aliphatic hydroxyl groups excluding tert-OH is 3. The Kier molecular flexibility index (Phi) is 3.43. The Morgan fingerprint density at radius 1 is 1.29 bits per heavy atom. The van der Waals surface area contributed by atoms with Crippen LogP contribution in [0.25, 0.3) is 0 Å². The summed E-state index contributed by atoms with van der Waals surface area (Å²) in [5, 5.41) is 30.6. The number of hydrogen-bond donors (Lipinski definition) is 4. The minimum Gasteiger partial charge on any atom is -0.388 e. The van der Waals surface area contributed by atoms with Gasteiger partial charge in [0, 0.05) is 6.92 Å². The van der Waals surface area contributed by atoms with Gasteiger partial charge in [-0.05, 0) is 6.92 Å². The maximum absolute atomic E-state index is 10.8. The molecule has 14 heavy (non-hydrogen) atoms. The van der Waals surface area contributed by atoms with E-state index in [-0.39, 0.29) is 5.91 Å². The van der Waals surface area contributed by atoms with Crippen LogP contribution in [-0.2, 0) is 9.53 Å². The topological polar surface area (TPSA) is 99.0 Å². The van der Waals surface area contributed by atoms with Crippen molar-refractivity contribution in [3.8, 4) is 0 Å². The van der Waals surface area contributed by atoms with E-state index >= 15 is 0 Å². The molecule has 0 aromatic heterocycles. The molecule has 6 heteroatoms. The average molecular weight is 205 g/mol. The SMILES string of the molecule is CC(=O)N[C@H]1[C@H](O)[C@@H](C)OC(O)[C@H]1O. The van der Waals surface area contributed by atoms with Gasteiger partial charge in [0.1, 0.15) is 12.2 Å². The van der Waals surface area contributed by atoms with Crippen molar-refractivity contribution in [1.29, 1.82) is 0 Å². The number of amides is 1. The molecule has 1 saturated heterocycles. The molecule has 1 aliphatic rings. The summed E-state index contributed by atoms with van der Waals surface area (Å²) in [4.78, 5) is 10.8. The molecule has 1 heterocycles. The molecular weight excluding hydrogens is 190 g/mol. The van der Waals surface area contributed by atoms with E-state index in [4.69, 9.17) is 4.74 Å². The minimum atomic E-state index is -1.38. The summed E-state index contributed by atoms with van der Waals surface area (Å²) in [6, 6.07) is -0.897. The van der Waals surface area contributed by atoms with Gasteiger partial charge in [0.2, 0.25) is 5.91 Å². The van der Waals surface area contributed by atoms with Gasteiger partial charge >= 0.3 is 0 Å². The predicted molar refractivity (Wildman–Crippen MR) is 46.2 cm³/mol. The van der Waals surface area contributed by atoms with Crippen LogP contribution >= 0.6 is 0 Å². The first-order chi connectivity index (χ1) is 6.43. The van der Waals surface area contributed by atoms with Gasteiger partial charge in [0.15, 0.2) is 6.29 Å². The molecule has 0 saturated carbocycles. The number of ether oxygens (including phenoxy) is 1. The maximum atomic E-state index is 10.8. The summed E-state index contributed by atoms with van der Waals surface area (Å²) in [6.07, 6.45) is -4.36. The van der Waals surface area contributed by atoms with Crippen molar-refractivity contribution in [2.45, 2.75) is 44.5 Å². The van der Waals surface area contributed by atoms with Crippen molar-refractivity contribution < 1.29 is 24.9 Å². The zero-order chi connectivity index (χ0) is 10.9. The number of aliphatic hydroxyl groups is 3. The van der Waals surface area contributed by atoms with E-state index in [1.807, 2.05) is 0 Å². The monoisotopic (exact) mass is 205 g/mol. The highest BCUT2D eigenvalue weighted by atomic mass is 16.6. The van der Waals surface area contributed by atoms with Gasteiger partial charge in [-0.25, -0.2) is 0 Å². The molecule has 5 atom stereocenters.